The number of carbonyl (C=O) groups excluding carboxylic acids is 3. The fourth-order valence-corrected chi connectivity index (χ4v) is 3.09. The summed E-state index contributed by atoms with van der Waals surface area (Å²) < 4.78 is 40.2. The van der Waals surface area contributed by atoms with E-state index in [0.29, 0.717) is 12.2 Å². The first-order valence-electron chi connectivity index (χ1n) is 9.38. The smallest absolute Gasteiger partial charge is 0.386 e. The van der Waals surface area contributed by atoms with Crippen molar-refractivity contribution in [3.8, 4) is 0 Å². The Morgan fingerprint density at radius 3 is 2.67 bits per heavy atom. The van der Waals surface area contributed by atoms with Gasteiger partial charge in [-0.2, -0.15) is 13.2 Å². The summed E-state index contributed by atoms with van der Waals surface area (Å²) in [4.78, 5) is 34.5. The van der Waals surface area contributed by atoms with Crippen molar-refractivity contribution in [1.29, 1.82) is 5.41 Å². The standard InChI is InChI=1S/C19H23F3N4O4/c20-19(21,22)17(29)30-15(27)10-13-9-12-6-5-11(8-14(12)26-16(13)28)4-2-1-3-7-25-18(23)24/h5-6,8,13H,1-4,7,9-10H2,(H,26,28)(H4,23,24,25). The quantitative estimate of drug-likeness (QED) is 0.165. The number of benzene rings is 1. The van der Waals surface area contributed by atoms with Crippen molar-refractivity contribution < 1.29 is 32.3 Å². The highest BCUT2D eigenvalue weighted by atomic mass is 19.4. The molecule has 0 spiro atoms. The molecule has 1 aliphatic heterocycles. The van der Waals surface area contributed by atoms with Gasteiger partial charge in [0.05, 0.1) is 12.3 Å². The highest BCUT2D eigenvalue weighted by Gasteiger charge is 2.43. The van der Waals surface area contributed by atoms with E-state index in [4.69, 9.17) is 11.1 Å². The first kappa shape index (κ1) is 23.2. The van der Waals surface area contributed by atoms with Gasteiger partial charge in [-0.3, -0.25) is 15.0 Å². The van der Waals surface area contributed by atoms with E-state index < -0.39 is 36.4 Å². The van der Waals surface area contributed by atoms with E-state index in [0.717, 1.165) is 36.8 Å². The molecule has 1 aromatic rings. The molecule has 1 heterocycles. The van der Waals surface area contributed by atoms with Gasteiger partial charge in [-0.25, -0.2) is 4.79 Å². The fraction of sp³-hybridized carbons (Fsp3) is 0.474. The van der Waals surface area contributed by atoms with Gasteiger partial charge in [-0.15, -0.1) is 0 Å². The summed E-state index contributed by atoms with van der Waals surface area (Å²) in [7, 11) is 0. The van der Waals surface area contributed by atoms with Crippen LogP contribution in [0.25, 0.3) is 0 Å². The van der Waals surface area contributed by atoms with Crippen molar-refractivity contribution >= 4 is 29.5 Å². The Kier molecular flexibility index (Phi) is 7.79. The Morgan fingerprint density at radius 1 is 1.27 bits per heavy atom. The van der Waals surface area contributed by atoms with Gasteiger partial charge in [0.2, 0.25) is 5.91 Å². The van der Waals surface area contributed by atoms with Crippen LogP contribution < -0.4 is 16.4 Å². The number of unbranched alkanes of at least 4 members (excludes halogenated alkanes) is 2. The maximum atomic E-state index is 12.2. The van der Waals surface area contributed by atoms with E-state index in [-0.39, 0.29) is 12.4 Å². The number of esters is 2. The minimum Gasteiger partial charge on any atom is -0.386 e. The lowest BCUT2D eigenvalue weighted by atomic mass is 9.89. The van der Waals surface area contributed by atoms with E-state index in [1.165, 1.54) is 0 Å². The van der Waals surface area contributed by atoms with Crippen LogP contribution in [0.2, 0.25) is 0 Å². The molecule has 0 saturated carbocycles. The molecule has 0 aliphatic carbocycles. The average Bonchev–Trinajstić information content (AvgIpc) is 2.64. The molecular weight excluding hydrogens is 405 g/mol. The van der Waals surface area contributed by atoms with Gasteiger partial charge in [0.1, 0.15) is 0 Å². The van der Waals surface area contributed by atoms with E-state index in [1.807, 2.05) is 12.1 Å². The highest BCUT2D eigenvalue weighted by molar-refractivity contribution is 5.98. The molecule has 1 aliphatic rings. The lowest BCUT2D eigenvalue weighted by Crippen LogP contribution is -2.34. The number of aryl methyl sites for hydroxylation is 1. The zero-order valence-electron chi connectivity index (χ0n) is 16.1. The van der Waals surface area contributed by atoms with Gasteiger partial charge in [0, 0.05) is 12.2 Å². The second-order valence-corrected chi connectivity index (χ2v) is 7.00. The summed E-state index contributed by atoms with van der Waals surface area (Å²) in [6.07, 6.45) is -2.22. The summed E-state index contributed by atoms with van der Waals surface area (Å²) in [5.74, 6) is -5.46. The summed E-state index contributed by atoms with van der Waals surface area (Å²) in [5.41, 5.74) is 7.57. The van der Waals surface area contributed by atoms with Gasteiger partial charge in [0.25, 0.3) is 0 Å². The maximum absolute atomic E-state index is 12.2. The summed E-state index contributed by atoms with van der Waals surface area (Å²) in [6.45, 7) is 0.633. The van der Waals surface area contributed by atoms with E-state index in [9.17, 15) is 27.6 Å². The highest BCUT2D eigenvalue weighted by Crippen LogP contribution is 2.29. The molecule has 0 aromatic heterocycles. The van der Waals surface area contributed by atoms with Crippen LogP contribution in [0.3, 0.4) is 0 Å². The molecule has 2 rings (SSSR count). The second kappa shape index (κ2) is 10.1. The third kappa shape index (κ3) is 7.05. The summed E-state index contributed by atoms with van der Waals surface area (Å²) in [6, 6.07) is 5.54. The van der Waals surface area contributed by atoms with Gasteiger partial charge in [0.15, 0.2) is 5.96 Å². The van der Waals surface area contributed by atoms with E-state index >= 15 is 0 Å². The zero-order valence-corrected chi connectivity index (χ0v) is 16.1. The van der Waals surface area contributed by atoms with Crippen molar-refractivity contribution in [2.45, 2.75) is 44.7 Å². The van der Waals surface area contributed by atoms with E-state index in [2.05, 4.69) is 15.4 Å². The number of ether oxygens (including phenoxy) is 1. The van der Waals surface area contributed by atoms with Gasteiger partial charge < -0.3 is 21.1 Å². The molecule has 1 atom stereocenters. The van der Waals surface area contributed by atoms with Gasteiger partial charge in [-0.05, 0) is 42.9 Å². The number of carbonyl (C=O) groups is 3. The number of fused-ring (bicyclic) bond motifs is 1. The Hall–Kier alpha value is -3.11. The predicted molar refractivity (Wildman–Crippen MR) is 102 cm³/mol. The molecule has 1 unspecified atom stereocenters. The minimum atomic E-state index is -5.27. The number of nitrogens with one attached hydrogen (secondary N) is 3. The molecule has 1 amide bonds. The molecule has 5 N–H and O–H groups in total. The molecule has 0 fully saturated rings. The number of alkyl halides is 3. The van der Waals surface area contributed by atoms with Crippen LogP contribution in [0.5, 0.6) is 0 Å². The Morgan fingerprint density at radius 2 is 2.00 bits per heavy atom. The van der Waals surface area contributed by atoms with E-state index in [1.54, 1.807) is 6.07 Å². The number of nitrogens with two attached hydrogens (primary N) is 1. The average molecular weight is 428 g/mol. The largest absolute Gasteiger partial charge is 0.491 e. The predicted octanol–water partition coefficient (Wildman–Crippen LogP) is 2.02. The first-order valence-corrected chi connectivity index (χ1v) is 9.38. The normalized spacial score (nSPS) is 15.7. The fourth-order valence-electron chi connectivity index (χ4n) is 3.09. The SMILES string of the molecule is N=C(N)NCCCCCc1ccc2c(c1)NC(=O)C(CC(=O)OC(=O)C(F)(F)F)C2. The number of hydrogen-bond donors (Lipinski definition) is 4. The first-order chi connectivity index (χ1) is 14.1. The van der Waals surface area contributed by atoms with Crippen LogP contribution in [0.4, 0.5) is 18.9 Å². The lowest BCUT2D eigenvalue weighted by molar-refractivity contribution is -0.202. The molecule has 30 heavy (non-hydrogen) atoms. The van der Waals surface area contributed by atoms with Gasteiger partial charge >= 0.3 is 18.1 Å². The monoisotopic (exact) mass is 428 g/mol. The van der Waals surface area contributed by atoms with Crippen LogP contribution in [-0.4, -0.2) is 36.5 Å². The van der Waals surface area contributed by atoms with Crippen molar-refractivity contribution in [3.05, 3.63) is 29.3 Å². The summed E-state index contributed by atoms with van der Waals surface area (Å²) >= 11 is 0. The van der Waals surface area contributed by atoms with Gasteiger partial charge in [-0.1, -0.05) is 18.6 Å². The molecule has 0 radical (unpaired) electrons. The van der Waals surface area contributed by atoms with Crippen molar-refractivity contribution in [2.75, 3.05) is 11.9 Å². The molecular formula is C19H23F3N4O4. The molecule has 164 valence electrons. The number of hydrogen-bond acceptors (Lipinski definition) is 5. The molecule has 8 nitrogen and oxygen atoms in total. The van der Waals surface area contributed by atoms with Crippen LogP contribution in [0, 0.1) is 11.3 Å². The number of halogens is 3. The van der Waals surface area contributed by atoms with Crippen LogP contribution in [0.1, 0.15) is 36.8 Å². The lowest BCUT2D eigenvalue weighted by Gasteiger charge is -2.24. The Bertz CT molecular complexity index is 826. The zero-order chi connectivity index (χ0) is 22.3. The second-order valence-electron chi connectivity index (χ2n) is 7.00. The Balaban J connectivity index is 1.85. The van der Waals surface area contributed by atoms with Crippen LogP contribution in [0.15, 0.2) is 18.2 Å². The van der Waals surface area contributed by atoms with Crippen molar-refractivity contribution in [3.63, 3.8) is 0 Å². The van der Waals surface area contributed by atoms with Crippen LogP contribution in [-0.2, 0) is 32.0 Å². The third-order valence-electron chi connectivity index (χ3n) is 4.58. The number of anilines is 1. The number of guanidine groups is 1. The molecule has 1 aromatic carbocycles. The molecule has 11 heteroatoms. The van der Waals surface area contributed by atoms with Crippen molar-refractivity contribution in [1.82, 2.24) is 5.32 Å². The number of rotatable bonds is 8. The van der Waals surface area contributed by atoms with Crippen molar-refractivity contribution in [2.24, 2.45) is 11.7 Å². The topological polar surface area (TPSA) is 134 Å². The minimum absolute atomic E-state index is 0.0565. The Labute approximate surface area is 170 Å². The molecule has 0 saturated heterocycles. The third-order valence-corrected chi connectivity index (χ3v) is 4.58. The number of amides is 1. The maximum Gasteiger partial charge on any atom is 0.491 e. The summed E-state index contributed by atoms with van der Waals surface area (Å²) in [5, 5.41) is 12.5. The molecule has 0 bridgehead atoms. The van der Waals surface area contributed by atoms with Crippen LogP contribution >= 0.6 is 0 Å².